The second-order valence-corrected chi connectivity index (χ2v) is 10.2. The Balaban J connectivity index is 1.26. The SMILES string of the molecule is N#Cc1c(NC(=O)CCSc2nnc(-c3ccco3)n2Cc2ccccc2)sc2c1CCCC2. The molecule has 1 aliphatic carbocycles. The predicted octanol–water partition coefficient (Wildman–Crippen LogP) is 5.52. The summed E-state index contributed by atoms with van der Waals surface area (Å²) in [7, 11) is 0. The van der Waals surface area contributed by atoms with Gasteiger partial charge in [0, 0.05) is 17.1 Å². The van der Waals surface area contributed by atoms with E-state index in [0.717, 1.165) is 42.0 Å². The maximum atomic E-state index is 12.7. The molecule has 4 aromatic rings. The summed E-state index contributed by atoms with van der Waals surface area (Å²) in [6.07, 6.45) is 6.10. The Morgan fingerprint density at radius 3 is 2.82 bits per heavy atom. The second-order valence-electron chi connectivity index (χ2n) is 8.03. The first kappa shape index (κ1) is 22.4. The number of hydrogen-bond donors (Lipinski definition) is 1. The third-order valence-corrected chi connectivity index (χ3v) is 7.91. The molecule has 0 fully saturated rings. The largest absolute Gasteiger partial charge is 0.461 e. The first-order chi connectivity index (χ1) is 16.7. The summed E-state index contributed by atoms with van der Waals surface area (Å²) < 4.78 is 7.57. The molecule has 0 saturated heterocycles. The van der Waals surface area contributed by atoms with Crippen LogP contribution in [0.15, 0.2) is 58.3 Å². The van der Waals surface area contributed by atoms with Gasteiger partial charge in [0.15, 0.2) is 10.9 Å². The number of amides is 1. The number of carbonyl (C=O) groups excluding carboxylic acids is 1. The maximum absolute atomic E-state index is 12.7. The summed E-state index contributed by atoms with van der Waals surface area (Å²) in [5.74, 6) is 1.76. The molecular formula is C25H23N5O2S2. The minimum Gasteiger partial charge on any atom is -0.461 e. The van der Waals surface area contributed by atoms with Gasteiger partial charge in [-0.15, -0.1) is 21.5 Å². The van der Waals surface area contributed by atoms with Gasteiger partial charge in [-0.3, -0.25) is 9.36 Å². The quantitative estimate of drug-likeness (QED) is 0.327. The number of fused-ring (bicyclic) bond motifs is 1. The van der Waals surface area contributed by atoms with Crippen molar-refractivity contribution in [2.75, 3.05) is 11.1 Å². The van der Waals surface area contributed by atoms with Crippen LogP contribution in [-0.2, 0) is 24.2 Å². The maximum Gasteiger partial charge on any atom is 0.225 e. The summed E-state index contributed by atoms with van der Waals surface area (Å²) in [5.41, 5.74) is 2.90. The lowest BCUT2D eigenvalue weighted by molar-refractivity contribution is -0.115. The van der Waals surface area contributed by atoms with Crippen LogP contribution in [0.1, 0.15) is 40.8 Å². The van der Waals surface area contributed by atoms with Crippen LogP contribution in [0.3, 0.4) is 0 Å². The molecule has 3 heterocycles. The van der Waals surface area contributed by atoms with E-state index in [1.165, 1.54) is 16.6 Å². The van der Waals surface area contributed by atoms with Crippen molar-refractivity contribution in [3.8, 4) is 17.7 Å². The zero-order chi connectivity index (χ0) is 23.3. The van der Waals surface area contributed by atoms with Gasteiger partial charge in [-0.1, -0.05) is 42.1 Å². The molecule has 3 aromatic heterocycles. The summed E-state index contributed by atoms with van der Waals surface area (Å²) in [6, 6.07) is 16.1. The third kappa shape index (κ3) is 4.79. The number of hydrogen-bond acceptors (Lipinski definition) is 7. The topological polar surface area (TPSA) is 96.7 Å². The molecular weight excluding hydrogens is 466 g/mol. The zero-order valence-corrected chi connectivity index (χ0v) is 20.1. The average Bonchev–Trinajstić information content (AvgIpc) is 3.59. The summed E-state index contributed by atoms with van der Waals surface area (Å²) in [5, 5.41) is 22.7. The molecule has 1 amide bonds. The number of thioether (sulfide) groups is 1. The Kier molecular flexibility index (Phi) is 6.79. The van der Waals surface area contributed by atoms with Gasteiger partial charge in [-0.25, -0.2) is 0 Å². The number of benzene rings is 1. The van der Waals surface area contributed by atoms with Gasteiger partial charge < -0.3 is 9.73 Å². The molecule has 0 unspecified atom stereocenters. The smallest absolute Gasteiger partial charge is 0.225 e. The summed E-state index contributed by atoms with van der Waals surface area (Å²) in [4.78, 5) is 13.9. The van der Waals surface area contributed by atoms with Crippen LogP contribution in [0.25, 0.3) is 11.6 Å². The molecule has 1 aromatic carbocycles. The average molecular weight is 490 g/mol. The van der Waals surface area contributed by atoms with Gasteiger partial charge in [-0.2, -0.15) is 5.26 Å². The van der Waals surface area contributed by atoms with Crippen LogP contribution in [0.5, 0.6) is 0 Å². The van der Waals surface area contributed by atoms with Crippen molar-refractivity contribution in [2.24, 2.45) is 0 Å². The van der Waals surface area contributed by atoms with Gasteiger partial charge in [-0.05, 0) is 48.9 Å². The van der Waals surface area contributed by atoms with E-state index in [1.807, 2.05) is 34.9 Å². The zero-order valence-electron chi connectivity index (χ0n) is 18.5. The monoisotopic (exact) mass is 489 g/mol. The third-order valence-electron chi connectivity index (χ3n) is 5.74. The standard InChI is InChI=1S/C25H23N5O2S2/c26-15-19-18-9-4-5-11-21(18)34-24(19)27-22(31)12-14-33-25-29-28-23(20-10-6-13-32-20)30(25)16-17-7-2-1-3-8-17/h1-3,6-8,10,13H,4-5,9,11-12,14,16H2,(H,27,31). The van der Waals surface area contributed by atoms with Crippen molar-refractivity contribution in [1.82, 2.24) is 14.8 Å². The number of carbonyl (C=O) groups is 1. The predicted molar refractivity (Wildman–Crippen MR) is 133 cm³/mol. The second kappa shape index (κ2) is 10.3. The van der Waals surface area contributed by atoms with E-state index in [1.54, 1.807) is 17.6 Å². The highest BCUT2D eigenvalue weighted by Gasteiger charge is 2.22. The minimum atomic E-state index is -0.0945. The highest BCUT2D eigenvalue weighted by atomic mass is 32.2. The van der Waals surface area contributed by atoms with E-state index in [2.05, 4.69) is 33.7 Å². The lowest BCUT2D eigenvalue weighted by Crippen LogP contribution is -2.12. The number of thiophene rings is 1. The number of aryl methyl sites for hydroxylation is 1. The molecule has 0 aliphatic heterocycles. The highest BCUT2D eigenvalue weighted by molar-refractivity contribution is 7.99. The molecule has 0 spiro atoms. The van der Waals surface area contributed by atoms with Crippen molar-refractivity contribution >= 4 is 34.0 Å². The van der Waals surface area contributed by atoms with Crippen molar-refractivity contribution < 1.29 is 9.21 Å². The summed E-state index contributed by atoms with van der Waals surface area (Å²) in [6.45, 7) is 0.602. The van der Waals surface area contributed by atoms with Crippen LogP contribution in [0.4, 0.5) is 5.00 Å². The number of nitrogens with zero attached hydrogens (tertiary/aromatic N) is 4. The van der Waals surface area contributed by atoms with Gasteiger partial charge in [0.25, 0.3) is 0 Å². The van der Waals surface area contributed by atoms with Crippen LogP contribution in [0, 0.1) is 11.3 Å². The lowest BCUT2D eigenvalue weighted by atomic mass is 9.96. The molecule has 5 rings (SSSR count). The first-order valence-corrected chi connectivity index (χ1v) is 13.0. The van der Waals surface area contributed by atoms with Crippen LogP contribution < -0.4 is 5.32 Å². The molecule has 9 heteroatoms. The molecule has 0 atom stereocenters. The van der Waals surface area contributed by atoms with E-state index in [4.69, 9.17) is 4.42 Å². The normalized spacial score (nSPS) is 12.8. The number of nitriles is 1. The van der Waals surface area contributed by atoms with Crippen LogP contribution in [0.2, 0.25) is 0 Å². The number of rotatable bonds is 8. The number of anilines is 1. The molecule has 0 bridgehead atoms. The molecule has 7 nitrogen and oxygen atoms in total. The minimum absolute atomic E-state index is 0.0945. The first-order valence-electron chi connectivity index (χ1n) is 11.2. The fourth-order valence-corrected chi connectivity index (χ4v) is 6.22. The van der Waals surface area contributed by atoms with Gasteiger partial charge >= 0.3 is 0 Å². The van der Waals surface area contributed by atoms with Crippen molar-refractivity contribution in [1.29, 1.82) is 5.26 Å². The molecule has 0 radical (unpaired) electrons. The van der Waals surface area contributed by atoms with Crippen LogP contribution in [-0.4, -0.2) is 26.4 Å². The Morgan fingerprint density at radius 1 is 1.18 bits per heavy atom. The van der Waals surface area contributed by atoms with E-state index in [-0.39, 0.29) is 5.91 Å². The van der Waals surface area contributed by atoms with E-state index in [0.29, 0.717) is 40.9 Å². The number of furan rings is 1. The molecule has 0 saturated carbocycles. The Morgan fingerprint density at radius 2 is 2.03 bits per heavy atom. The fourth-order valence-electron chi connectivity index (χ4n) is 4.09. The number of aromatic nitrogens is 3. The fraction of sp³-hybridized carbons (Fsp3) is 0.280. The Bertz CT molecular complexity index is 1320. The molecule has 1 aliphatic rings. The van der Waals surface area contributed by atoms with Crippen molar-refractivity contribution in [2.45, 2.75) is 43.8 Å². The van der Waals surface area contributed by atoms with E-state index < -0.39 is 0 Å². The lowest BCUT2D eigenvalue weighted by Gasteiger charge is -2.09. The molecule has 1 N–H and O–H groups in total. The van der Waals surface area contributed by atoms with Crippen molar-refractivity contribution in [3.63, 3.8) is 0 Å². The summed E-state index contributed by atoms with van der Waals surface area (Å²) >= 11 is 3.04. The number of nitrogens with one attached hydrogen (secondary N) is 1. The van der Waals surface area contributed by atoms with E-state index >= 15 is 0 Å². The highest BCUT2D eigenvalue weighted by Crippen LogP contribution is 2.37. The molecule has 172 valence electrons. The Hall–Kier alpha value is -3.35. The van der Waals surface area contributed by atoms with Gasteiger partial charge in [0.2, 0.25) is 11.7 Å². The van der Waals surface area contributed by atoms with Gasteiger partial charge in [0.05, 0.1) is 18.4 Å². The van der Waals surface area contributed by atoms with Gasteiger partial charge in [0.1, 0.15) is 11.1 Å². The Labute approximate surface area is 205 Å². The molecule has 34 heavy (non-hydrogen) atoms. The van der Waals surface area contributed by atoms with Crippen molar-refractivity contribution in [3.05, 3.63) is 70.3 Å². The van der Waals surface area contributed by atoms with Crippen LogP contribution >= 0.6 is 23.1 Å². The van der Waals surface area contributed by atoms with E-state index in [9.17, 15) is 10.1 Å².